The van der Waals surface area contributed by atoms with Gasteiger partial charge in [-0.1, -0.05) is 293 Å². The van der Waals surface area contributed by atoms with Crippen molar-refractivity contribution in [2.75, 3.05) is 39.6 Å². The SMILES string of the molecule is CCC(C)CCCCCCCCCCC(=O)O[C@H](COC(=O)CCCCCCCCC(C)C)COP(=O)(O)OC[C@H](O)COP(=O)(O)OC[C@@H](COC(=O)CCCCCCCCCC(C)C)OC(=O)CCCCCCCCCCCCCCCCCC(C)C. The van der Waals surface area contributed by atoms with Crippen molar-refractivity contribution in [3.8, 4) is 0 Å². The lowest BCUT2D eigenvalue weighted by Gasteiger charge is -2.21. The molecule has 0 spiro atoms. The number of carbonyl (C=O) groups excluding carboxylic acids is 4. The summed E-state index contributed by atoms with van der Waals surface area (Å²) in [7, 11) is -9.90. The second-order valence-corrected chi connectivity index (χ2v) is 29.8. The zero-order chi connectivity index (χ0) is 66.1. The molecular weight excluding hydrogens is 1170 g/mol. The summed E-state index contributed by atoms with van der Waals surface area (Å²) in [4.78, 5) is 72.5. The lowest BCUT2D eigenvalue weighted by Crippen LogP contribution is -2.30. The predicted octanol–water partition coefficient (Wildman–Crippen LogP) is 19.7. The fraction of sp³-hybridized carbons (Fsp3) is 0.943. The summed E-state index contributed by atoms with van der Waals surface area (Å²) < 4.78 is 68.2. The van der Waals surface area contributed by atoms with Crippen molar-refractivity contribution in [3.63, 3.8) is 0 Å². The Morgan fingerprint density at radius 3 is 0.798 bits per heavy atom. The number of phosphoric ester groups is 2. The molecule has 0 heterocycles. The Morgan fingerprint density at radius 2 is 0.539 bits per heavy atom. The van der Waals surface area contributed by atoms with Crippen molar-refractivity contribution < 1.29 is 80.2 Å². The molecule has 0 aromatic carbocycles. The van der Waals surface area contributed by atoms with E-state index in [0.717, 1.165) is 115 Å². The summed E-state index contributed by atoms with van der Waals surface area (Å²) in [5.74, 6) is 0.823. The van der Waals surface area contributed by atoms with Crippen molar-refractivity contribution in [1.29, 1.82) is 0 Å². The van der Waals surface area contributed by atoms with Crippen LogP contribution in [0.3, 0.4) is 0 Å². The zero-order valence-electron chi connectivity index (χ0n) is 58.1. The second kappa shape index (κ2) is 59.8. The van der Waals surface area contributed by atoms with E-state index in [1.165, 1.54) is 135 Å². The third kappa shape index (κ3) is 63.2. The first-order chi connectivity index (χ1) is 42.6. The largest absolute Gasteiger partial charge is 0.472 e. The predicted molar refractivity (Wildman–Crippen MR) is 358 cm³/mol. The third-order valence-corrected chi connectivity index (χ3v) is 18.3. The monoisotopic (exact) mass is 1310 g/mol. The van der Waals surface area contributed by atoms with Gasteiger partial charge in [0, 0.05) is 25.7 Å². The zero-order valence-corrected chi connectivity index (χ0v) is 59.8. The van der Waals surface area contributed by atoms with Crippen LogP contribution in [0, 0.1) is 23.7 Å². The van der Waals surface area contributed by atoms with Gasteiger partial charge in [0.25, 0.3) is 0 Å². The van der Waals surface area contributed by atoms with Crippen molar-refractivity contribution >= 4 is 39.5 Å². The van der Waals surface area contributed by atoms with Gasteiger partial charge in [-0.25, -0.2) is 9.13 Å². The van der Waals surface area contributed by atoms with Crippen LogP contribution in [0.2, 0.25) is 0 Å². The number of hydrogen-bond donors (Lipinski definition) is 3. The number of rotatable bonds is 67. The van der Waals surface area contributed by atoms with E-state index in [0.29, 0.717) is 37.5 Å². The van der Waals surface area contributed by atoms with Gasteiger partial charge in [-0.3, -0.25) is 37.3 Å². The Hall–Kier alpha value is -1.94. The van der Waals surface area contributed by atoms with E-state index in [1.54, 1.807) is 0 Å². The van der Waals surface area contributed by atoms with Gasteiger partial charge >= 0.3 is 39.5 Å². The first-order valence-corrected chi connectivity index (χ1v) is 39.2. The molecule has 0 saturated carbocycles. The molecule has 0 aliphatic rings. The van der Waals surface area contributed by atoms with Crippen molar-refractivity contribution in [1.82, 2.24) is 0 Å². The highest BCUT2D eigenvalue weighted by atomic mass is 31.2. The third-order valence-electron chi connectivity index (χ3n) is 16.4. The molecule has 0 aromatic heterocycles. The van der Waals surface area contributed by atoms with E-state index in [2.05, 4.69) is 55.4 Å². The summed E-state index contributed by atoms with van der Waals surface area (Å²) in [5.41, 5.74) is 0. The first-order valence-electron chi connectivity index (χ1n) is 36.2. The maximum Gasteiger partial charge on any atom is 0.472 e. The molecule has 0 aromatic rings. The van der Waals surface area contributed by atoms with Gasteiger partial charge in [-0.2, -0.15) is 0 Å². The quantitative estimate of drug-likeness (QED) is 0.0222. The Morgan fingerprint density at radius 1 is 0.315 bits per heavy atom. The Kier molecular flexibility index (Phi) is 58.5. The molecule has 0 rings (SSSR count). The molecular formula is C70H136O17P2. The molecule has 17 nitrogen and oxygen atoms in total. The Bertz CT molecular complexity index is 1770. The van der Waals surface area contributed by atoms with Crippen LogP contribution in [-0.2, 0) is 65.4 Å². The van der Waals surface area contributed by atoms with Crippen LogP contribution < -0.4 is 0 Å². The summed E-state index contributed by atoms with van der Waals surface area (Å²) in [6.45, 7) is 14.0. The number of aliphatic hydroxyl groups is 1. The lowest BCUT2D eigenvalue weighted by atomic mass is 9.99. The van der Waals surface area contributed by atoms with Crippen molar-refractivity contribution in [2.24, 2.45) is 23.7 Å². The van der Waals surface area contributed by atoms with Crippen LogP contribution in [0.4, 0.5) is 0 Å². The van der Waals surface area contributed by atoms with E-state index in [9.17, 15) is 43.2 Å². The number of hydrogen-bond acceptors (Lipinski definition) is 15. The van der Waals surface area contributed by atoms with Gasteiger partial charge in [-0.05, 0) is 49.4 Å². The molecule has 0 aliphatic heterocycles. The molecule has 528 valence electrons. The smallest absolute Gasteiger partial charge is 0.462 e. The van der Waals surface area contributed by atoms with Gasteiger partial charge in [0.1, 0.15) is 19.3 Å². The van der Waals surface area contributed by atoms with E-state index in [4.69, 9.17) is 37.0 Å². The van der Waals surface area contributed by atoms with Gasteiger partial charge in [0.05, 0.1) is 26.4 Å². The second-order valence-electron chi connectivity index (χ2n) is 26.9. The van der Waals surface area contributed by atoms with Crippen LogP contribution in [-0.4, -0.2) is 96.7 Å². The van der Waals surface area contributed by atoms with Crippen LogP contribution in [0.1, 0.15) is 344 Å². The minimum absolute atomic E-state index is 0.103. The Labute approximate surface area is 543 Å². The molecule has 0 fully saturated rings. The molecule has 3 N–H and O–H groups in total. The lowest BCUT2D eigenvalue weighted by molar-refractivity contribution is -0.161. The molecule has 0 aliphatic carbocycles. The highest BCUT2D eigenvalue weighted by Crippen LogP contribution is 2.45. The fourth-order valence-corrected chi connectivity index (χ4v) is 12.0. The highest BCUT2D eigenvalue weighted by Gasteiger charge is 2.30. The molecule has 19 heteroatoms. The number of ether oxygens (including phenoxy) is 4. The molecule has 0 bridgehead atoms. The average molecular weight is 1310 g/mol. The summed E-state index contributed by atoms with van der Waals surface area (Å²) in [6, 6.07) is 0. The number of carbonyl (C=O) groups is 4. The number of aliphatic hydroxyl groups excluding tert-OH is 1. The average Bonchev–Trinajstić information content (AvgIpc) is 3.70. The van der Waals surface area contributed by atoms with E-state index < -0.39 is 97.5 Å². The fourth-order valence-electron chi connectivity index (χ4n) is 10.5. The topological polar surface area (TPSA) is 237 Å². The summed E-state index contributed by atoms with van der Waals surface area (Å²) >= 11 is 0. The van der Waals surface area contributed by atoms with E-state index in [-0.39, 0.29) is 25.7 Å². The first kappa shape index (κ1) is 87.1. The van der Waals surface area contributed by atoms with Crippen LogP contribution >= 0.6 is 15.6 Å². The molecule has 89 heavy (non-hydrogen) atoms. The van der Waals surface area contributed by atoms with Crippen LogP contribution in [0.15, 0.2) is 0 Å². The molecule has 0 radical (unpaired) electrons. The van der Waals surface area contributed by atoms with Gasteiger partial charge in [0.2, 0.25) is 0 Å². The van der Waals surface area contributed by atoms with E-state index >= 15 is 0 Å². The van der Waals surface area contributed by atoms with Gasteiger partial charge in [0.15, 0.2) is 12.2 Å². The maximum atomic E-state index is 13.0. The molecule has 6 atom stereocenters. The maximum absolute atomic E-state index is 13.0. The van der Waals surface area contributed by atoms with Crippen LogP contribution in [0.25, 0.3) is 0 Å². The minimum atomic E-state index is -4.95. The number of phosphoric acid groups is 2. The van der Waals surface area contributed by atoms with Crippen molar-refractivity contribution in [2.45, 2.75) is 363 Å². The Balaban J connectivity index is 5.21. The molecule has 0 amide bonds. The molecule has 0 saturated heterocycles. The van der Waals surface area contributed by atoms with Crippen LogP contribution in [0.5, 0.6) is 0 Å². The van der Waals surface area contributed by atoms with Gasteiger partial charge in [-0.15, -0.1) is 0 Å². The summed E-state index contributed by atoms with van der Waals surface area (Å²) in [5, 5.41) is 10.6. The molecule has 3 unspecified atom stereocenters. The minimum Gasteiger partial charge on any atom is -0.462 e. The number of esters is 4. The van der Waals surface area contributed by atoms with Crippen molar-refractivity contribution in [3.05, 3.63) is 0 Å². The standard InChI is InChI=1S/C70H136O17P2/c1-9-63(8)49-41-33-24-19-20-26-37-45-53-70(75)87-66(57-81-68(73)51-43-35-29-28-32-40-48-62(6)7)59-85-89(78,79)83-55-64(71)54-82-88(76,77)84-58-65(56-80-67(72)50-42-34-27-21-23-31-39-47-61(4)5)86-69(74)52-44-36-25-18-16-14-12-10-11-13-15-17-22-30-38-46-60(2)3/h60-66,71H,9-59H2,1-8H3,(H,76,77)(H,78,79)/t63?,64-,65-,66-/m1/s1. The summed E-state index contributed by atoms with van der Waals surface area (Å²) in [6.07, 6.45) is 41.9. The number of unbranched alkanes of at least 4 members (excludes halogenated alkanes) is 32. The normalized spacial score (nSPS) is 14.6. The highest BCUT2D eigenvalue weighted by molar-refractivity contribution is 7.47. The van der Waals surface area contributed by atoms with Gasteiger partial charge < -0.3 is 33.8 Å². The van der Waals surface area contributed by atoms with E-state index in [1.807, 2.05) is 0 Å².